The summed E-state index contributed by atoms with van der Waals surface area (Å²) >= 11 is 0. The van der Waals surface area contributed by atoms with Crippen LogP contribution in [0.2, 0.25) is 0 Å². The van der Waals surface area contributed by atoms with Crippen LogP contribution in [0.5, 0.6) is 5.75 Å². The van der Waals surface area contributed by atoms with E-state index in [0.29, 0.717) is 24.6 Å². The molecule has 7 nitrogen and oxygen atoms in total. The van der Waals surface area contributed by atoms with E-state index in [2.05, 4.69) is 25.3 Å². The van der Waals surface area contributed by atoms with Gasteiger partial charge in [-0.15, -0.1) is 37.1 Å². The highest BCUT2D eigenvalue weighted by molar-refractivity contribution is 14.0. The number of aliphatic imine (C=N–C) groups is 1. The SMILES string of the molecule is CN=C(NCCCN1CCCC(C(N)=O)C1)NCc1ccccc1OC(F)(F)F.I. The van der Waals surface area contributed by atoms with Crippen LogP contribution in [0.25, 0.3) is 0 Å². The summed E-state index contributed by atoms with van der Waals surface area (Å²) in [5.74, 6) is -0.0742. The van der Waals surface area contributed by atoms with Gasteiger partial charge in [-0.1, -0.05) is 18.2 Å². The highest BCUT2D eigenvalue weighted by atomic mass is 127. The van der Waals surface area contributed by atoms with E-state index >= 15 is 0 Å². The molecule has 30 heavy (non-hydrogen) atoms. The quantitative estimate of drug-likeness (QED) is 0.203. The molecule has 1 heterocycles. The molecule has 0 aromatic heterocycles. The van der Waals surface area contributed by atoms with E-state index in [0.717, 1.165) is 32.4 Å². The smallest absolute Gasteiger partial charge is 0.405 e. The van der Waals surface area contributed by atoms with Gasteiger partial charge in [0, 0.05) is 32.2 Å². The van der Waals surface area contributed by atoms with Gasteiger partial charge in [0.05, 0.1) is 5.92 Å². The Labute approximate surface area is 191 Å². The van der Waals surface area contributed by atoms with E-state index in [1.54, 1.807) is 19.2 Å². The van der Waals surface area contributed by atoms with Crippen LogP contribution in [-0.2, 0) is 11.3 Å². The molecule has 0 bridgehead atoms. The normalized spacial score (nSPS) is 17.7. The molecule has 0 aliphatic carbocycles. The van der Waals surface area contributed by atoms with Gasteiger partial charge in [0.2, 0.25) is 5.91 Å². The Hall–Kier alpha value is -1.76. The van der Waals surface area contributed by atoms with Crippen LogP contribution in [0.15, 0.2) is 29.3 Å². The summed E-state index contributed by atoms with van der Waals surface area (Å²) in [5, 5.41) is 6.13. The maximum Gasteiger partial charge on any atom is 0.573 e. The zero-order valence-corrected chi connectivity index (χ0v) is 19.2. The molecule has 1 saturated heterocycles. The molecule has 4 N–H and O–H groups in total. The molecule has 1 fully saturated rings. The van der Waals surface area contributed by atoms with Crippen molar-refractivity contribution in [3.63, 3.8) is 0 Å². The van der Waals surface area contributed by atoms with Crippen molar-refractivity contribution in [2.45, 2.75) is 32.2 Å². The number of nitrogens with one attached hydrogen (secondary N) is 2. The molecule has 170 valence electrons. The number of primary amides is 1. The lowest BCUT2D eigenvalue weighted by Gasteiger charge is -2.31. The van der Waals surface area contributed by atoms with Gasteiger partial charge in [0.15, 0.2) is 5.96 Å². The Kier molecular flexibility index (Phi) is 11.2. The number of nitrogens with zero attached hydrogens (tertiary/aromatic N) is 2. The van der Waals surface area contributed by atoms with Gasteiger partial charge < -0.3 is 26.0 Å². The third-order valence-corrected chi connectivity index (χ3v) is 4.72. The predicted octanol–water partition coefficient (Wildman–Crippen LogP) is 2.46. The van der Waals surface area contributed by atoms with Crippen molar-refractivity contribution in [1.29, 1.82) is 0 Å². The van der Waals surface area contributed by atoms with Crippen molar-refractivity contribution in [2.75, 3.05) is 33.2 Å². The van der Waals surface area contributed by atoms with Gasteiger partial charge in [0.25, 0.3) is 0 Å². The van der Waals surface area contributed by atoms with Crippen LogP contribution >= 0.6 is 24.0 Å². The average molecular weight is 543 g/mol. The Morgan fingerprint density at radius 1 is 1.33 bits per heavy atom. The summed E-state index contributed by atoms with van der Waals surface area (Å²) in [6.07, 6.45) is -2.10. The maximum atomic E-state index is 12.5. The molecule has 0 spiro atoms. The molecule has 1 aromatic rings. The van der Waals surface area contributed by atoms with Crippen molar-refractivity contribution < 1.29 is 22.7 Å². The van der Waals surface area contributed by atoms with Gasteiger partial charge >= 0.3 is 6.36 Å². The minimum atomic E-state index is -4.74. The number of para-hydroxylation sites is 1. The predicted molar refractivity (Wildman–Crippen MR) is 120 cm³/mol. The Morgan fingerprint density at radius 2 is 2.07 bits per heavy atom. The molecular formula is C19H29F3IN5O2. The first-order valence-electron chi connectivity index (χ1n) is 9.58. The number of alkyl halides is 3. The number of amides is 1. The lowest BCUT2D eigenvalue weighted by molar-refractivity contribution is -0.274. The van der Waals surface area contributed by atoms with Crippen LogP contribution in [-0.4, -0.2) is 56.4 Å². The summed E-state index contributed by atoms with van der Waals surface area (Å²) in [5.41, 5.74) is 5.77. The van der Waals surface area contributed by atoms with E-state index in [9.17, 15) is 18.0 Å². The second kappa shape index (κ2) is 12.8. The number of carbonyl (C=O) groups is 1. The number of hydrogen-bond acceptors (Lipinski definition) is 4. The molecule has 11 heteroatoms. The minimum absolute atomic E-state index is 0. The third-order valence-electron chi connectivity index (χ3n) is 4.72. The molecule has 1 atom stereocenters. The number of guanidine groups is 1. The van der Waals surface area contributed by atoms with Crippen LogP contribution in [0.1, 0.15) is 24.8 Å². The standard InChI is InChI=1S/C19H28F3N5O2.HI/c1-24-18(25-9-5-11-27-10-4-7-15(13-27)17(23)28)26-12-14-6-2-3-8-16(14)29-19(20,21)22;/h2-3,6,8,15H,4-5,7,9-13H2,1H3,(H2,23,28)(H2,24,25,26);1H. The molecular weight excluding hydrogens is 514 g/mol. The highest BCUT2D eigenvalue weighted by Crippen LogP contribution is 2.26. The zero-order valence-electron chi connectivity index (χ0n) is 16.9. The second-order valence-corrected chi connectivity index (χ2v) is 6.90. The number of hydrogen-bond donors (Lipinski definition) is 3. The summed E-state index contributed by atoms with van der Waals surface area (Å²) in [6, 6.07) is 5.97. The number of carbonyl (C=O) groups excluding carboxylic acids is 1. The van der Waals surface area contributed by atoms with Gasteiger partial charge in [-0.25, -0.2) is 0 Å². The molecule has 1 aliphatic heterocycles. The van der Waals surface area contributed by atoms with Crippen molar-refractivity contribution >= 4 is 35.8 Å². The number of halogens is 4. The third kappa shape index (κ3) is 9.37. The van der Waals surface area contributed by atoms with E-state index < -0.39 is 6.36 Å². The first kappa shape index (κ1) is 26.3. The van der Waals surface area contributed by atoms with Crippen LogP contribution in [0.3, 0.4) is 0 Å². The van der Waals surface area contributed by atoms with Crippen molar-refractivity contribution in [2.24, 2.45) is 16.6 Å². The fourth-order valence-corrected chi connectivity index (χ4v) is 3.27. The zero-order chi connectivity index (χ0) is 21.3. The Bertz CT molecular complexity index is 703. The van der Waals surface area contributed by atoms with Crippen LogP contribution in [0.4, 0.5) is 13.2 Å². The van der Waals surface area contributed by atoms with Crippen LogP contribution in [0, 0.1) is 5.92 Å². The Balaban J connectivity index is 0.00000450. The lowest BCUT2D eigenvalue weighted by Crippen LogP contribution is -2.42. The maximum absolute atomic E-state index is 12.5. The van der Waals surface area contributed by atoms with Gasteiger partial charge in [0.1, 0.15) is 5.75 Å². The largest absolute Gasteiger partial charge is 0.573 e. The minimum Gasteiger partial charge on any atom is -0.405 e. The van der Waals surface area contributed by atoms with E-state index in [4.69, 9.17) is 5.73 Å². The second-order valence-electron chi connectivity index (χ2n) is 6.90. The first-order valence-corrected chi connectivity index (χ1v) is 9.58. The fourth-order valence-electron chi connectivity index (χ4n) is 3.27. The number of nitrogens with two attached hydrogens (primary N) is 1. The van der Waals surface area contributed by atoms with Crippen molar-refractivity contribution in [1.82, 2.24) is 15.5 Å². The topological polar surface area (TPSA) is 92.0 Å². The van der Waals surface area contributed by atoms with Crippen molar-refractivity contribution in [3.8, 4) is 5.75 Å². The summed E-state index contributed by atoms with van der Waals surface area (Å²) in [4.78, 5) is 17.6. The molecule has 1 aromatic carbocycles. The van der Waals surface area contributed by atoms with Gasteiger partial charge in [-0.2, -0.15) is 0 Å². The molecule has 1 amide bonds. The first-order chi connectivity index (χ1) is 13.8. The highest BCUT2D eigenvalue weighted by Gasteiger charge is 2.32. The number of rotatable bonds is 8. The van der Waals surface area contributed by atoms with Crippen molar-refractivity contribution in [3.05, 3.63) is 29.8 Å². The molecule has 2 rings (SSSR count). The number of ether oxygens (including phenoxy) is 1. The lowest BCUT2D eigenvalue weighted by atomic mass is 9.97. The summed E-state index contributed by atoms with van der Waals surface area (Å²) in [7, 11) is 1.59. The number of piperidine rings is 1. The summed E-state index contributed by atoms with van der Waals surface area (Å²) in [6.45, 7) is 3.25. The molecule has 1 unspecified atom stereocenters. The Morgan fingerprint density at radius 3 is 2.73 bits per heavy atom. The fraction of sp³-hybridized carbons (Fsp3) is 0.579. The van der Waals surface area contributed by atoms with E-state index in [1.807, 2.05) is 0 Å². The molecule has 1 aliphatic rings. The average Bonchev–Trinajstić information content (AvgIpc) is 2.67. The monoisotopic (exact) mass is 543 g/mol. The van der Waals surface area contributed by atoms with Gasteiger partial charge in [-0.05, 0) is 38.4 Å². The number of benzene rings is 1. The summed E-state index contributed by atoms with van der Waals surface area (Å²) < 4.78 is 41.6. The van der Waals surface area contributed by atoms with Gasteiger partial charge in [-0.3, -0.25) is 9.79 Å². The van der Waals surface area contributed by atoms with E-state index in [-0.39, 0.29) is 48.1 Å². The molecule has 0 radical (unpaired) electrons. The number of likely N-dealkylation sites (tertiary alicyclic amines) is 1. The van der Waals surface area contributed by atoms with E-state index in [1.165, 1.54) is 12.1 Å². The molecule has 0 saturated carbocycles. The van der Waals surface area contributed by atoms with Crippen LogP contribution < -0.4 is 21.1 Å².